The van der Waals surface area contributed by atoms with Crippen LogP contribution in [-0.4, -0.2) is 44.6 Å². The molecular weight excluding hydrogens is 240 g/mol. The van der Waals surface area contributed by atoms with Crippen molar-refractivity contribution in [1.82, 2.24) is 10.2 Å². The number of para-hydroxylation sites is 1. The van der Waals surface area contributed by atoms with E-state index in [1.54, 1.807) is 4.90 Å². The van der Waals surface area contributed by atoms with Crippen LogP contribution >= 0.6 is 0 Å². The average Bonchev–Trinajstić information content (AvgIpc) is 2.44. The van der Waals surface area contributed by atoms with E-state index < -0.39 is 0 Å². The molecule has 0 aliphatic heterocycles. The second-order valence-electron chi connectivity index (χ2n) is 4.73. The number of hydrogen-bond donors (Lipinski definition) is 1. The number of carbonyl (C=O) groups is 1. The van der Waals surface area contributed by atoms with Gasteiger partial charge in [0.1, 0.15) is 5.75 Å². The molecule has 0 spiro atoms. The molecule has 0 saturated carbocycles. The Morgan fingerprint density at radius 2 is 2.05 bits per heavy atom. The van der Waals surface area contributed by atoms with Gasteiger partial charge in [0.2, 0.25) is 5.91 Å². The van der Waals surface area contributed by atoms with Gasteiger partial charge in [0, 0.05) is 26.1 Å². The smallest absolute Gasteiger partial charge is 0.226 e. The van der Waals surface area contributed by atoms with Gasteiger partial charge in [-0.3, -0.25) is 4.79 Å². The highest BCUT2D eigenvalue weighted by atomic mass is 16.5. The number of hydrogen-bond acceptors (Lipinski definition) is 3. The second kappa shape index (κ2) is 8.53. The molecule has 0 aliphatic carbocycles. The zero-order chi connectivity index (χ0) is 14.1. The quantitative estimate of drug-likeness (QED) is 0.728. The van der Waals surface area contributed by atoms with Crippen molar-refractivity contribution in [3.8, 4) is 5.75 Å². The van der Waals surface area contributed by atoms with Crippen LogP contribution < -0.4 is 10.1 Å². The molecule has 19 heavy (non-hydrogen) atoms. The molecule has 1 atom stereocenters. The van der Waals surface area contributed by atoms with Gasteiger partial charge in [0.15, 0.2) is 0 Å². The highest BCUT2D eigenvalue weighted by Crippen LogP contribution is 2.08. The maximum atomic E-state index is 11.9. The van der Waals surface area contributed by atoms with Crippen molar-refractivity contribution in [1.29, 1.82) is 0 Å². The van der Waals surface area contributed by atoms with E-state index in [-0.39, 0.29) is 11.8 Å². The minimum absolute atomic E-state index is 0.0186. The van der Waals surface area contributed by atoms with Crippen LogP contribution in [0.5, 0.6) is 5.75 Å². The Balaban J connectivity index is 2.20. The van der Waals surface area contributed by atoms with Crippen molar-refractivity contribution in [2.24, 2.45) is 5.92 Å². The minimum Gasteiger partial charge on any atom is -0.494 e. The second-order valence-corrected chi connectivity index (χ2v) is 4.73. The Labute approximate surface area is 115 Å². The molecule has 0 fully saturated rings. The molecule has 0 radical (unpaired) electrons. The molecule has 4 heteroatoms. The largest absolute Gasteiger partial charge is 0.494 e. The number of nitrogens with zero attached hydrogens (tertiary/aromatic N) is 1. The minimum atomic E-state index is 0.0186. The predicted molar refractivity (Wildman–Crippen MR) is 77.3 cm³/mol. The van der Waals surface area contributed by atoms with E-state index in [4.69, 9.17) is 4.74 Å². The lowest BCUT2D eigenvalue weighted by molar-refractivity contribution is -0.133. The molecule has 0 bridgehead atoms. The van der Waals surface area contributed by atoms with Crippen molar-refractivity contribution in [3.05, 3.63) is 30.3 Å². The van der Waals surface area contributed by atoms with Crippen LogP contribution in [-0.2, 0) is 4.79 Å². The molecule has 106 valence electrons. The zero-order valence-corrected chi connectivity index (χ0v) is 12.1. The summed E-state index contributed by atoms with van der Waals surface area (Å²) < 4.78 is 5.59. The fraction of sp³-hybridized carbons (Fsp3) is 0.533. The van der Waals surface area contributed by atoms with Gasteiger partial charge < -0.3 is 15.0 Å². The summed E-state index contributed by atoms with van der Waals surface area (Å²) in [6.45, 7) is 4.00. The number of amides is 1. The van der Waals surface area contributed by atoms with E-state index in [2.05, 4.69) is 5.32 Å². The standard InChI is InChI=1S/C15H24N2O2/c1-13(12-16-2)15(18)17(3)10-7-11-19-14-8-5-4-6-9-14/h4-6,8-9,13,16H,7,10-12H2,1-3H3. The topological polar surface area (TPSA) is 41.6 Å². The molecule has 4 nitrogen and oxygen atoms in total. The number of carbonyl (C=O) groups excluding carboxylic acids is 1. The van der Waals surface area contributed by atoms with Gasteiger partial charge in [-0.1, -0.05) is 25.1 Å². The third-order valence-electron chi connectivity index (χ3n) is 2.96. The van der Waals surface area contributed by atoms with Crippen LogP contribution in [0.1, 0.15) is 13.3 Å². The number of ether oxygens (including phenoxy) is 1. The molecule has 1 rings (SSSR count). The lowest BCUT2D eigenvalue weighted by Gasteiger charge is -2.21. The van der Waals surface area contributed by atoms with Crippen LogP contribution in [0.2, 0.25) is 0 Å². The molecule has 0 aromatic heterocycles. The van der Waals surface area contributed by atoms with E-state index >= 15 is 0 Å². The lowest BCUT2D eigenvalue weighted by atomic mass is 10.1. The number of benzene rings is 1. The van der Waals surface area contributed by atoms with Gasteiger partial charge in [-0.25, -0.2) is 0 Å². The Kier molecular flexibility index (Phi) is 6.97. The Bertz CT molecular complexity index is 368. The van der Waals surface area contributed by atoms with Crippen LogP contribution in [0, 0.1) is 5.92 Å². The van der Waals surface area contributed by atoms with E-state index in [0.29, 0.717) is 13.2 Å². The molecule has 1 amide bonds. The maximum Gasteiger partial charge on any atom is 0.226 e. The molecule has 1 aromatic rings. The van der Waals surface area contributed by atoms with Crippen molar-refractivity contribution in [3.63, 3.8) is 0 Å². The first kappa shape index (κ1) is 15.5. The lowest BCUT2D eigenvalue weighted by Crippen LogP contribution is -2.36. The number of rotatable bonds is 8. The van der Waals surface area contributed by atoms with E-state index in [0.717, 1.165) is 18.7 Å². The Hall–Kier alpha value is -1.55. The summed E-state index contributed by atoms with van der Waals surface area (Å²) in [6.07, 6.45) is 0.837. The fourth-order valence-electron chi connectivity index (χ4n) is 1.89. The highest BCUT2D eigenvalue weighted by Gasteiger charge is 2.15. The molecule has 0 heterocycles. The van der Waals surface area contributed by atoms with Crippen molar-refractivity contribution < 1.29 is 9.53 Å². The molecule has 0 saturated heterocycles. The Morgan fingerprint density at radius 1 is 1.37 bits per heavy atom. The Morgan fingerprint density at radius 3 is 2.68 bits per heavy atom. The van der Waals surface area contributed by atoms with Crippen molar-refractivity contribution in [2.75, 3.05) is 33.8 Å². The van der Waals surface area contributed by atoms with Gasteiger partial charge in [-0.15, -0.1) is 0 Å². The normalized spacial score (nSPS) is 11.9. The molecule has 1 N–H and O–H groups in total. The maximum absolute atomic E-state index is 11.9. The summed E-state index contributed by atoms with van der Waals surface area (Å²) in [4.78, 5) is 13.7. The van der Waals surface area contributed by atoms with E-state index in [9.17, 15) is 4.79 Å². The first-order valence-electron chi connectivity index (χ1n) is 6.72. The third-order valence-corrected chi connectivity index (χ3v) is 2.96. The monoisotopic (exact) mass is 264 g/mol. The van der Waals surface area contributed by atoms with Crippen molar-refractivity contribution in [2.45, 2.75) is 13.3 Å². The first-order valence-corrected chi connectivity index (χ1v) is 6.72. The van der Waals surface area contributed by atoms with Crippen LogP contribution in [0.3, 0.4) is 0 Å². The zero-order valence-electron chi connectivity index (χ0n) is 12.1. The molecule has 1 aromatic carbocycles. The highest BCUT2D eigenvalue weighted by molar-refractivity contribution is 5.78. The third kappa shape index (κ3) is 5.75. The summed E-state index contributed by atoms with van der Waals surface area (Å²) >= 11 is 0. The van der Waals surface area contributed by atoms with Gasteiger partial charge in [-0.2, -0.15) is 0 Å². The molecular formula is C15H24N2O2. The summed E-state index contributed by atoms with van der Waals surface area (Å²) in [6, 6.07) is 9.73. The van der Waals surface area contributed by atoms with Crippen LogP contribution in [0.4, 0.5) is 0 Å². The SMILES string of the molecule is CNCC(C)C(=O)N(C)CCCOc1ccccc1. The van der Waals surface area contributed by atoms with Gasteiger partial charge in [0.25, 0.3) is 0 Å². The summed E-state index contributed by atoms with van der Waals surface area (Å²) in [5.74, 6) is 1.07. The predicted octanol–water partition coefficient (Wildman–Crippen LogP) is 1.77. The van der Waals surface area contributed by atoms with Gasteiger partial charge in [0.05, 0.1) is 6.61 Å². The van der Waals surface area contributed by atoms with Crippen molar-refractivity contribution >= 4 is 5.91 Å². The molecule has 1 unspecified atom stereocenters. The summed E-state index contributed by atoms with van der Waals surface area (Å²) in [5.41, 5.74) is 0. The fourth-order valence-corrected chi connectivity index (χ4v) is 1.89. The van der Waals surface area contributed by atoms with Gasteiger partial charge >= 0.3 is 0 Å². The first-order chi connectivity index (χ1) is 9.15. The van der Waals surface area contributed by atoms with Gasteiger partial charge in [-0.05, 0) is 25.6 Å². The van der Waals surface area contributed by atoms with E-state index in [1.807, 2.05) is 51.4 Å². The number of nitrogens with one attached hydrogen (secondary N) is 1. The summed E-state index contributed by atoms with van der Waals surface area (Å²) in [7, 11) is 3.70. The summed E-state index contributed by atoms with van der Waals surface area (Å²) in [5, 5.41) is 3.02. The van der Waals surface area contributed by atoms with Crippen LogP contribution in [0.25, 0.3) is 0 Å². The molecule has 0 aliphatic rings. The van der Waals surface area contributed by atoms with Crippen LogP contribution in [0.15, 0.2) is 30.3 Å². The van der Waals surface area contributed by atoms with E-state index in [1.165, 1.54) is 0 Å². The average molecular weight is 264 g/mol.